The summed E-state index contributed by atoms with van der Waals surface area (Å²) in [7, 11) is 3.16. The number of carbonyl (C=O) groups is 1. The molecule has 7 heteroatoms. The van der Waals surface area contributed by atoms with Crippen molar-refractivity contribution in [3.05, 3.63) is 45.7 Å². The zero-order valence-corrected chi connectivity index (χ0v) is 13.9. The molecule has 0 bridgehead atoms. The number of pyridine rings is 1. The van der Waals surface area contributed by atoms with Crippen molar-refractivity contribution in [3.8, 4) is 22.8 Å². The van der Waals surface area contributed by atoms with E-state index in [1.165, 1.54) is 12.3 Å². The molecule has 0 amide bonds. The first-order valence-electron chi connectivity index (χ1n) is 8.01. The van der Waals surface area contributed by atoms with Crippen molar-refractivity contribution in [1.29, 1.82) is 0 Å². The van der Waals surface area contributed by atoms with Gasteiger partial charge in [0.1, 0.15) is 5.56 Å². The molecule has 2 N–H and O–H groups in total. The Morgan fingerprint density at radius 3 is 2.60 bits per heavy atom. The van der Waals surface area contributed by atoms with Gasteiger partial charge in [0.15, 0.2) is 16.9 Å². The molecule has 0 aliphatic carbocycles. The van der Waals surface area contributed by atoms with E-state index in [1.54, 1.807) is 14.2 Å². The third-order valence-electron chi connectivity index (χ3n) is 5.08. The van der Waals surface area contributed by atoms with Gasteiger partial charge in [-0.25, -0.2) is 4.79 Å². The summed E-state index contributed by atoms with van der Waals surface area (Å²) in [5, 5.41) is 12.6. The monoisotopic (exact) mass is 342 g/mol. The number of carboxylic acid groups (broad SMARTS) is 1. The van der Waals surface area contributed by atoms with E-state index < -0.39 is 11.4 Å². The SMILES string of the molecule is COc1cc2c(cc1OC)C1CNCC1n1cc(C(=O)O)c(=O)cc1-2. The van der Waals surface area contributed by atoms with Gasteiger partial charge in [-0.15, -0.1) is 0 Å². The van der Waals surface area contributed by atoms with E-state index >= 15 is 0 Å². The molecule has 2 unspecified atom stereocenters. The van der Waals surface area contributed by atoms with Gasteiger partial charge in [0.25, 0.3) is 0 Å². The number of nitrogens with zero attached hydrogens (tertiary/aromatic N) is 1. The van der Waals surface area contributed by atoms with Crippen molar-refractivity contribution in [3.63, 3.8) is 0 Å². The number of aromatic carboxylic acids is 1. The summed E-state index contributed by atoms with van der Waals surface area (Å²) in [5.41, 5.74) is 1.95. The van der Waals surface area contributed by atoms with Gasteiger partial charge in [-0.1, -0.05) is 0 Å². The van der Waals surface area contributed by atoms with Gasteiger partial charge in [-0.05, 0) is 17.7 Å². The molecule has 1 fully saturated rings. The van der Waals surface area contributed by atoms with Gasteiger partial charge in [-0.3, -0.25) is 4.79 Å². The smallest absolute Gasteiger partial charge is 0.341 e. The highest BCUT2D eigenvalue weighted by Gasteiger charge is 2.38. The zero-order valence-electron chi connectivity index (χ0n) is 13.9. The number of aromatic nitrogens is 1. The zero-order chi connectivity index (χ0) is 17.7. The molecule has 25 heavy (non-hydrogen) atoms. The molecule has 2 aromatic rings. The van der Waals surface area contributed by atoms with Crippen molar-refractivity contribution >= 4 is 5.97 Å². The summed E-state index contributed by atoms with van der Waals surface area (Å²) in [5.74, 6) is 0.184. The number of carboxylic acids is 1. The van der Waals surface area contributed by atoms with Crippen LogP contribution in [0.3, 0.4) is 0 Å². The predicted molar refractivity (Wildman–Crippen MR) is 90.8 cm³/mol. The minimum Gasteiger partial charge on any atom is -0.493 e. The summed E-state index contributed by atoms with van der Waals surface area (Å²) in [6.07, 6.45) is 1.46. The lowest BCUT2D eigenvalue weighted by atomic mass is 9.84. The molecule has 2 aliphatic rings. The second-order valence-electron chi connectivity index (χ2n) is 6.28. The number of fused-ring (bicyclic) bond motifs is 6. The summed E-state index contributed by atoms with van der Waals surface area (Å²) in [4.78, 5) is 23.6. The highest BCUT2D eigenvalue weighted by atomic mass is 16.5. The van der Waals surface area contributed by atoms with Crippen LogP contribution in [0.4, 0.5) is 0 Å². The van der Waals surface area contributed by atoms with Crippen LogP contribution >= 0.6 is 0 Å². The normalized spacial score (nSPS) is 20.4. The standard InChI is InChI=1S/C18H18N2O5/c1-24-16-3-9-10(4-17(16)25-2)13-5-15(21)12(18(22)23)8-20(13)14-7-19-6-11(9)14/h3-5,8,11,14,19H,6-7H2,1-2H3,(H,22,23). The third-order valence-corrected chi connectivity index (χ3v) is 5.08. The van der Waals surface area contributed by atoms with Crippen molar-refractivity contribution in [2.45, 2.75) is 12.0 Å². The Labute approximate surface area is 143 Å². The number of nitrogens with one attached hydrogen (secondary N) is 1. The maximum Gasteiger partial charge on any atom is 0.341 e. The second-order valence-corrected chi connectivity index (χ2v) is 6.28. The summed E-state index contributed by atoms with van der Waals surface area (Å²) >= 11 is 0. The Kier molecular flexibility index (Phi) is 3.54. The molecule has 1 saturated heterocycles. The first kappa shape index (κ1) is 15.7. The second kappa shape index (κ2) is 5.63. The number of hydrogen-bond donors (Lipinski definition) is 2. The van der Waals surface area contributed by atoms with Crippen LogP contribution in [0.25, 0.3) is 11.3 Å². The molecular weight excluding hydrogens is 324 g/mol. The molecule has 0 saturated carbocycles. The average molecular weight is 342 g/mol. The Bertz CT molecular complexity index is 934. The van der Waals surface area contributed by atoms with Crippen LogP contribution in [0, 0.1) is 0 Å². The number of hydrogen-bond acceptors (Lipinski definition) is 5. The lowest BCUT2D eigenvalue weighted by molar-refractivity contribution is 0.0694. The van der Waals surface area contributed by atoms with Crippen LogP contribution in [-0.4, -0.2) is 43.0 Å². The topological polar surface area (TPSA) is 89.8 Å². The van der Waals surface area contributed by atoms with Crippen LogP contribution in [0.2, 0.25) is 0 Å². The maximum atomic E-state index is 12.2. The van der Waals surface area contributed by atoms with E-state index in [9.17, 15) is 14.7 Å². The molecule has 7 nitrogen and oxygen atoms in total. The van der Waals surface area contributed by atoms with E-state index in [-0.39, 0.29) is 17.5 Å². The van der Waals surface area contributed by atoms with Gasteiger partial charge in [0, 0.05) is 36.8 Å². The molecule has 1 aromatic heterocycles. The minimum atomic E-state index is -1.21. The molecular formula is C18H18N2O5. The molecule has 0 radical (unpaired) electrons. The van der Waals surface area contributed by atoms with Gasteiger partial charge >= 0.3 is 5.97 Å². The van der Waals surface area contributed by atoms with Crippen molar-refractivity contribution < 1.29 is 19.4 Å². The fourth-order valence-electron chi connectivity index (χ4n) is 3.90. The lowest BCUT2D eigenvalue weighted by Gasteiger charge is -2.33. The summed E-state index contributed by atoms with van der Waals surface area (Å²) < 4.78 is 12.7. The molecule has 1 aromatic carbocycles. The van der Waals surface area contributed by atoms with Crippen molar-refractivity contribution in [2.24, 2.45) is 0 Å². The first-order valence-corrected chi connectivity index (χ1v) is 8.01. The number of methoxy groups -OCH3 is 2. The molecule has 0 spiro atoms. The van der Waals surface area contributed by atoms with E-state index in [1.807, 2.05) is 16.7 Å². The summed E-state index contributed by atoms with van der Waals surface area (Å²) in [6.45, 7) is 1.49. The van der Waals surface area contributed by atoms with Gasteiger partial charge in [0.2, 0.25) is 0 Å². The van der Waals surface area contributed by atoms with Crippen molar-refractivity contribution in [1.82, 2.24) is 9.88 Å². The van der Waals surface area contributed by atoms with Gasteiger partial charge in [0.05, 0.1) is 26.0 Å². The Morgan fingerprint density at radius 2 is 1.92 bits per heavy atom. The van der Waals surface area contributed by atoms with Crippen LogP contribution in [-0.2, 0) is 0 Å². The minimum absolute atomic E-state index is 0.0549. The number of benzene rings is 1. The first-order chi connectivity index (χ1) is 12.0. The number of ether oxygens (including phenoxy) is 2. The molecule has 2 aliphatic heterocycles. The van der Waals surface area contributed by atoms with E-state index in [4.69, 9.17) is 9.47 Å². The summed E-state index contributed by atoms with van der Waals surface area (Å²) in [6, 6.07) is 5.27. The fraction of sp³-hybridized carbons (Fsp3) is 0.333. The Hall–Kier alpha value is -2.80. The molecule has 3 heterocycles. The Morgan fingerprint density at radius 1 is 1.20 bits per heavy atom. The van der Waals surface area contributed by atoms with Crippen LogP contribution in [0.15, 0.2) is 29.2 Å². The lowest BCUT2D eigenvalue weighted by Crippen LogP contribution is -2.28. The van der Waals surface area contributed by atoms with Gasteiger partial charge < -0.3 is 24.5 Å². The van der Waals surface area contributed by atoms with E-state index in [0.29, 0.717) is 23.7 Å². The molecule has 130 valence electrons. The highest BCUT2D eigenvalue weighted by molar-refractivity contribution is 5.88. The Balaban J connectivity index is 2.03. The van der Waals surface area contributed by atoms with Crippen molar-refractivity contribution in [2.75, 3.05) is 27.3 Å². The quantitative estimate of drug-likeness (QED) is 0.878. The van der Waals surface area contributed by atoms with E-state index in [0.717, 1.165) is 17.7 Å². The third kappa shape index (κ3) is 2.23. The largest absolute Gasteiger partial charge is 0.493 e. The molecule has 4 rings (SSSR count). The van der Waals surface area contributed by atoms with Gasteiger partial charge in [-0.2, -0.15) is 0 Å². The maximum absolute atomic E-state index is 12.2. The molecule has 2 atom stereocenters. The van der Waals surface area contributed by atoms with Crippen LogP contribution in [0.5, 0.6) is 11.5 Å². The van der Waals surface area contributed by atoms with E-state index in [2.05, 4.69) is 5.32 Å². The van der Waals surface area contributed by atoms with Crippen LogP contribution < -0.4 is 20.2 Å². The highest BCUT2D eigenvalue weighted by Crippen LogP contribution is 2.47. The number of rotatable bonds is 3. The predicted octanol–water partition coefficient (Wildman–Crippen LogP) is 1.47. The van der Waals surface area contributed by atoms with Crippen LogP contribution in [0.1, 0.15) is 27.9 Å². The fourth-order valence-corrected chi connectivity index (χ4v) is 3.90. The average Bonchev–Trinajstić information content (AvgIpc) is 3.09.